The maximum atomic E-state index is 13.9. The second-order valence-electron chi connectivity index (χ2n) is 4.45. The van der Waals surface area contributed by atoms with Crippen molar-refractivity contribution in [2.24, 2.45) is 0 Å². The van der Waals surface area contributed by atoms with Crippen LogP contribution in [0.5, 0.6) is 5.75 Å². The van der Waals surface area contributed by atoms with Crippen molar-refractivity contribution in [1.82, 2.24) is 20.1 Å². The number of benzene rings is 1. The molecule has 0 saturated heterocycles. The average molecular weight is 278 g/mol. The number of aryl methyl sites for hydroxylation is 1. The van der Waals surface area contributed by atoms with E-state index in [2.05, 4.69) is 22.3 Å². The van der Waals surface area contributed by atoms with E-state index in [0.717, 1.165) is 18.5 Å². The van der Waals surface area contributed by atoms with Gasteiger partial charge in [0.15, 0.2) is 17.4 Å². The Morgan fingerprint density at radius 1 is 1.40 bits per heavy atom. The smallest absolute Gasteiger partial charge is 0.165 e. The van der Waals surface area contributed by atoms with Crippen molar-refractivity contribution < 1.29 is 9.13 Å². The fourth-order valence-corrected chi connectivity index (χ4v) is 1.98. The molecule has 2 aromatic rings. The summed E-state index contributed by atoms with van der Waals surface area (Å²) in [6, 6.07) is 4.91. The Kier molecular flexibility index (Phi) is 5.06. The van der Waals surface area contributed by atoms with Crippen molar-refractivity contribution in [2.45, 2.75) is 33.0 Å². The highest BCUT2D eigenvalue weighted by Gasteiger charge is 2.11. The predicted octanol–water partition coefficient (Wildman–Crippen LogP) is 2.13. The molecule has 1 aromatic carbocycles. The molecule has 0 amide bonds. The first-order valence-corrected chi connectivity index (χ1v) is 6.67. The minimum atomic E-state index is -0.362. The van der Waals surface area contributed by atoms with Gasteiger partial charge in [0, 0.05) is 18.7 Å². The van der Waals surface area contributed by atoms with E-state index in [0.29, 0.717) is 12.4 Å². The van der Waals surface area contributed by atoms with Crippen LogP contribution in [0.1, 0.15) is 24.7 Å². The summed E-state index contributed by atoms with van der Waals surface area (Å²) in [4.78, 5) is 4.14. The highest BCUT2D eigenvalue weighted by Crippen LogP contribution is 2.23. The standard InChI is InChI=1S/C14H19FN4O/c1-3-7-19-13(17-10-18-19)9-20-14-11(8-16-2)5-4-6-12(14)15/h4-6,10,16H,3,7-9H2,1-2H3. The van der Waals surface area contributed by atoms with Gasteiger partial charge < -0.3 is 10.1 Å². The summed E-state index contributed by atoms with van der Waals surface area (Å²) in [5.74, 6) is 0.609. The van der Waals surface area contributed by atoms with E-state index >= 15 is 0 Å². The summed E-state index contributed by atoms with van der Waals surface area (Å²) in [6.07, 6.45) is 2.45. The van der Waals surface area contributed by atoms with Crippen LogP contribution in [0.3, 0.4) is 0 Å². The van der Waals surface area contributed by atoms with Gasteiger partial charge in [-0.1, -0.05) is 19.1 Å². The molecule has 0 fully saturated rings. The molecular formula is C14H19FN4O. The van der Waals surface area contributed by atoms with Crippen LogP contribution in [0.15, 0.2) is 24.5 Å². The molecule has 1 heterocycles. The Morgan fingerprint density at radius 3 is 3.00 bits per heavy atom. The lowest BCUT2D eigenvalue weighted by molar-refractivity contribution is 0.269. The van der Waals surface area contributed by atoms with E-state index in [1.807, 2.05) is 13.1 Å². The van der Waals surface area contributed by atoms with Crippen molar-refractivity contribution in [3.8, 4) is 5.75 Å². The third-order valence-corrected chi connectivity index (χ3v) is 2.89. The summed E-state index contributed by atoms with van der Waals surface area (Å²) in [6.45, 7) is 3.60. The quantitative estimate of drug-likeness (QED) is 0.843. The first-order valence-electron chi connectivity index (χ1n) is 6.67. The Labute approximate surface area is 117 Å². The van der Waals surface area contributed by atoms with Gasteiger partial charge in [-0.05, 0) is 19.5 Å². The van der Waals surface area contributed by atoms with E-state index in [4.69, 9.17) is 4.74 Å². The topological polar surface area (TPSA) is 52.0 Å². The third kappa shape index (κ3) is 3.33. The minimum Gasteiger partial charge on any atom is -0.482 e. The van der Waals surface area contributed by atoms with Crippen molar-refractivity contribution >= 4 is 0 Å². The van der Waals surface area contributed by atoms with Gasteiger partial charge in [-0.3, -0.25) is 0 Å². The van der Waals surface area contributed by atoms with Gasteiger partial charge >= 0.3 is 0 Å². The summed E-state index contributed by atoms with van der Waals surface area (Å²) >= 11 is 0. The molecule has 0 aliphatic rings. The number of hydrogen-bond acceptors (Lipinski definition) is 4. The van der Waals surface area contributed by atoms with Gasteiger partial charge in [-0.15, -0.1) is 0 Å². The largest absolute Gasteiger partial charge is 0.482 e. The monoisotopic (exact) mass is 278 g/mol. The van der Waals surface area contributed by atoms with Gasteiger partial charge in [0.25, 0.3) is 0 Å². The second kappa shape index (κ2) is 7.00. The normalized spacial score (nSPS) is 10.8. The van der Waals surface area contributed by atoms with Crippen LogP contribution in [-0.2, 0) is 19.7 Å². The second-order valence-corrected chi connectivity index (χ2v) is 4.45. The highest BCUT2D eigenvalue weighted by atomic mass is 19.1. The van der Waals surface area contributed by atoms with Crippen LogP contribution < -0.4 is 10.1 Å². The Morgan fingerprint density at radius 2 is 2.25 bits per heavy atom. The number of hydrogen-bond donors (Lipinski definition) is 1. The van der Waals surface area contributed by atoms with Crippen LogP contribution in [0.4, 0.5) is 4.39 Å². The first kappa shape index (κ1) is 14.5. The van der Waals surface area contributed by atoms with Gasteiger partial charge in [0.2, 0.25) is 0 Å². The zero-order valence-corrected chi connectivity index (χ0v) is 11.8. The molecule has 0 atom stereocenters. The summed E-state index contributed by atoms with van der Waals surface area (Å²) in [5, 5.41) is 7.12. The molecule has 20 heavy (non-hydrogen) atoms. The lowest BCUT2D eigenvalue weighted by Crippen LogP contribution is -2.12. The molecule has 0 bridgehead atoms. The molecule has 108 valence electrons. The van der Waals surface area contributed by atoms with Gasteiger partial charge in [-0.2, -0.15) is 5.10 Å². The van der Waals surface area contributed by atoms with Gasteiger partial charge in [0.05, 0.1) is 0 Å². The number of nitrogens with one attached hydrogen (secondary N) is 1. The number of para-hydroxylation sites is 1. The Balaban J connectivity index is 2.12. The zero-order chi connectivity index (χ0) is 14.4. The summed E-state index contributed by atoms with van der Waals surface area (Å²) < 4.78 is 21.2. The summed E-state index contributed by atoms with van der Waals surface area (Å²) in [5.41, 5.74) is 0.786. The lowest BCUT2D eigenvalue weighted by atomic mass is 10.2. The fourth-order valence-electron chi connectivity index (χ4n) is 1.98. The number of nitrogens with zero attached hydrogens (tertiary/aromatic N) is 3. The fraction of sp³-hybridized carbons (Fsp3) is 0.429. The minimum absolute atomic E-state index is 0.206. The molecular weight excluding hydrogens is 259 g/mol. The third-order valence-electron chi connectivity index (χ3n) is 2.89. The SMILES string of the molecule is CCCn1ncnc1COc1c(F)cccc1CNC. The molecule has 6 heteroatoms. The molecule has 5 nitrogen and oxygen atoms in total. The molecule has 0 saturated carbocycles. The van der Waals surface area contributed by atoms with Gasteiger partial charge in [0.1, 0.15) is 12.9 Å². The molecule has 1 aromatic heterocycles. The van der Waals surface area contributed by atoms with Crippen LogP contribution in [-0.4, -0.2) is 21.8 Å². The number of rotatable bonds is 7. The van der Waals surface area contributed by atoms with E-state index in [1.165, 1.54) is 12.4 Å². The average Bonchev–Trinajstić information content (AvgIpc) is 2.86. The maximum Gasteiger partial charge on any atom is 0.165 e. The van der Waals surface area contributed by atoms with Crippen molar-refractivity contribution in [3.05, 3.63) is 41.7 Å². The van der Waals surface area contributed by atoms with Crippen molar-refractivity contribution in [3.63, 3.8) is 0 Å². The number of aromatic nitrogens is 3. The highest BCUT2D eigenvalue weighted by molar-refractivity contribution is 5.34. The molecule has 0 aliphatic heterocycles. The van der Waals surface area contributed by atoms with Crippen molar-refractivity contribution in [1.29, 1.82) is 0 Å². The van der Waals surface area contributed by atoms with Crippen LogP contribution in [0.2, 0.25) is 0 Å². The molecule has 2 rings (SSSR count). The molecule has 1 N–H and O–H groups in total. The van der Waals surface area contributed by atoms with Crippen LogP contribution in [0, 0.1) is 5.82 Å². The van der Waals surface area contributed by atoms with E-state index in [-0.39, 0.29) is 18.2 Å². The Hall–Kier alpha value is -1.95. The summed E-state index contributed by atoms with van der Waals surface area (Å²) in [7, 11) is 1.81. The van der Waals surface area contributed by atoms with E-state index < -0.39 is 0 Å². The van der Waals surface area contributed by atoms with Crippen LogP contribution in [0.25, 0.3) is 0 Å². The molecule has 0 radical (unpaired) electrons. The lowest BCUT2D eigenvalue weighted by Gasteiger charge is -2.12. The molecule has 0 aliphatic carbocycles. The first-order chi connectivity index (χ1) is 9.76. The predicted molar refractivity (Wildman–Crippen MR) is 73.8 cm³/mol. The van der Waals surface area contributed by atoms with Gasteiger partial charge in [-0.25, -0.2) is 14.1 Å². The maximum absolute atomic E-state index is 13.9. The molecule has 0 spiro atoms. The number of ether oxygens (including phenoxy) is 1. The molecule has 0 unspecified atom stereocenters. The van der Waals surface area contributed by atoms with Crippen LogP contribution >= 0.6 is 0 Å². The number of halogens is 1. The Bertz CT molecular complexity index is 556. The van der Waals surface area contributed by atoms with E-state index in [9.17, 15) is 4.39 Å². The van der Waals surface area contributed by atoms with Crippen molar-refractivity contribution in [2.75, 3.05) is 7.05 Å². The van der Waals surface area contributed by atoms with E-state index in [1.54, 1.807) is 10.7 Å². The zero-order valence-electron chi connectivity index (χ0n) is 11.8.